The molecule has 9 heteroatoms. The van der Waals surface area contributed by atoms with E-state index in [1.165, 1.54) is 0 Å². The first-order valence-corrected chi connectivity index (χ1v) is 15.0. The van der Waals surface area contributed by atoms with Crippen LogP contribution in [-0.2, 0) is 43.7 Å². The Labute approximate surface area is 237 Å². The second-order valence-corrected chi connectivity index (χ2v) is 11.3. The second kappa shape index (κ2) is 15.9. The molecule has 2 amide bonds. The van der Waals surface area contributed by atoms with Crippen molar-refractivity contribution in [1.29, 1.82) is 0 Å². The lowest BCUT2D eigenvalue weighted by Crippen LogP contribution is -2.50. The zero-order chi connectivity index (χ0) is 28.8. The quantitative estimate of drug-likeness (QED) is 0.258. The third kappa shape index (κ3) is 9.59. The Morgan fingerprint density at radius 3 is 2.10 bits per heavy atom. The van der Waals surface area contributed by atoms with Gasteiger partial charge in [0.25, 0.3) is 0 Å². The number of carbonyl (C=O) groups excluding carboxylic acids is 2. The summed E-state index contributed by atoms with van der Waals surface area (Å²) < 4.78 is 32.1. The van der Waals surface area contributed by atoms with E-state index in [0.717, 1.165) is 16.7 Å². The Morgan fingerprint density at radius 2 is 1.50 bits per heavy atom. The van der Waals surface area contributed by atoms with Gasteiger partial charge < -0.3 is 15.0 Å². The van der Waals surface area contributed by atoms with Gasteiger partial charge in [-0.1, -0.05) is 79.7 Å². The molecule has 0 heterocycles. The molecule has 0 aliphatic carbocycles. The molecule has 0 aromatic heterocycles. The summed E-state index contributed by atoms with van der Waals surface area (Å²) in [6, 6.07) is 25.2. The molecule has 1 unspecified atom stereocenters. The molecule has 0 saturated heterocycles. The summed E-state index contributed by atoms with van der Waals surface area (Å²) in [6.45, 7) is 3.31. The van der Waals surface area contributed by atoms with Gasteiger partial charge in [0.2, 0.25) is 21.8 Å². The maximum Gasteiger partial charge on any atom is 0.243 e. The Balaban J connectivity index is 1.82. The van der Waals surface area contributed by atoms with Crippen LogP contribution in [0.15, 0.2) is 89.8 Å². The molecule has 0 spiro atoms. The second-order valence-electron chi connectivity index (χ2n) is 9.50. The molecule has 0 saturated carbocycles. The summed E-state index contributed by atoms with van der Waals surface area (Å²) >= 11 is 0. The van der Waals surface area contributed by atoms with Gasteiger partial charge in [0.1, 0.15) is 6.04 Å². The van der Waals surface area contributed by atoms with E-state index in [1.54, 1.807) is 43.2 Å². The zero-order valence-electron chi connectivity index (χ0n) is 23.2. The highest BCUT2D eigenvalue weighted by Crippen LogP contribution is 2.18. The van der Waals surface area contributed by atoms with Crippen molar-refractivity contribution in [2.24, 2.45) is 0 Å². The molecule has 0 fully saturated rings. The Kier molecular flexibility index (Phi) is 12.3. The number of carbonyl (C=O) groups is 2. The third-order valence-corrected chi connectivity index (χ3v) is 8.05. The molecule has 3 aromatic carbocycles. The Hall–Kier alpha value is -3.53. The Bertz CT molecular complexity index is 1300. The number of nitrogens with zero attached hydrogens (tertiary/aromatic N) is 1. The van der Waals surface area contributed by atoms with Crippen LogP contribution in [0.3, 0.4) is 0 Å². The van der Waals surface area contributed by atoms with Crippen molar-refractivity contribution in [2.45, 2.75) is 50.1 Å². The summed E-state index contributed by atoms with van der Waals surface area (Å²) in [5, 5.41) is 2.99. The van der Waals surface area contributed by atoms with Crippen molar-refractivity contribution < 1.29 is 22.7 Å². The molecule has 0 aliphatic heterocycles. The summed E-state index contributed by atoms with van der Waals surface area (Å²) in [6.07, 6.45) is 1.65. The molecule has 1 atom stereocenters. The van der Waals surface area contributed by atoms with Crippen LogP contribution in [0.5, 0.6) is 0 Å². The molecule has 40 heavy (non-hydrogen) atoms. The maximum atomic E-state index is 13.8. The van der Waals surface area contributed by atoms with E-state index in [9.17, 15) is 18.0 Å². The lowest BCUT2D eigenvalue weighted by atomic mass is 10.0. The van der Waals surface area contributed by atoms with Crippen LogP contribution < -0.4 is 10.0 Å². The fourth-order valence-corrected chi connectivity index (χ4v) is 5.42. The minimum Gasteiger partial charge on any atom is -0.385 e. The number of nitrogens with one attached hydrogen (secondary N) is 2. The molecule has 0 aliphatic rings. The van der Waals surface area contributed by atoms with Crippen LogP contribution in [0, 0.1) is 0 Å². The maximum absolute atomic E-state index is 13.8. The van der Waals surface area contributed by atoms with Gasteiger partial charge in [0.05, 0.1) is 4.90 Å². The van der Waals surface area contributed by atoms with Gasteiger partial charge in [-0.15, -0.1) is 0 Å². The molecular weight excluding hydrogens is 526 g/mol. The van der Waals surface area contributed by atoms with E-state index in [2.05, 4.69) is 10.0 Å². The fourth-order valence-electron chi connectivity index (χ4n) is 4.38. The SMILES string of the molecule is CCNS(=O)(=O)c1ccc(CCC(=O)N(Cc2ccccc2)C(Cc2ccccc2)C(=O)NCCCOC)cc1. The minimum absolute atomic E-state index is 0.152. The van der Waals surface area contributed by atoms with Gasteiger partial charge in [-0.05, 0) is 41.7 Å². The van der Waals surface area contributed by atoms with E-state index in [1.807, 2.05) is 60.7 Å². The fraction of sp³-hybridized carbons (Fsp3) is 0.355. The molecule has 214 valence electrons. The highest BCUT2D eigenvalue weighted by atomic mass is 32.2. The first-order valence-electron chi connectivity index (χ1n) is 13.6. The standard InChI is InChI=1S/C31H39N3O5S/c1-3-33-40(37,38)28-18-15-25(16-19-28)17-20-30(35)34(24-27-13-8-5-9-14-27)29(23-26-11-6-4-7-12-26)31(36)32-21-10-22-39-2/h4-9,11-16,18-19,29,33H,3,10,17,20-24H2,1-2H3,(H,32,36). The molecule has 0 bridgehead atoms. The van der Waals surface area contributed by atoms with Crippen LogP contribution in [0.2, 0.25) is 0 Å². The van der Waals surface area contributed by atoms with Crippen LogP contribution in [0.1, 0.15) is 36.5 Å². The molecule has 3 aromatic rings. The van der Waals surface area contributed by atoms with Crippen molar-refractivity contribution in [3.63, 3.8) is 0 Å². The summed E-state index contributed by atoms with van der Waals surface area (Å²) in [5.74, 6) is -0.358. The number of methoxy groups -OCH3 is 1. The topological polar surface area (TPSA) is 105 Å². The molecular formula is C31H39N3O5S. The number of hydrogen-bond acceptors (Lipinski definition) is 5. The van der Waals surface area contributed by atoms with Gasteiger partial charge in [0, 0.05) is 46.2 Å². The third-order valence-electron chi connectivity index (χ3n) is 6.49. The van der Waals surface area contributed by atoms with Gasteiger partial charge in [-0.3, -0.25) is 9.59 Å². The average molecular weight is 566 g/mol. The predicted molar refractivity (Wildman–Crippen MR) is 156 cm³/mol. The predicted octanol–water partition coefficient (Wildman–Crippen LogP) is 3.71. The molecule has 2 N–H and O–H groups in total. The van der Waals surface area contributed by atoms with Crippen molar-refractivity contribution in [2.75, 3.05) is 26.8 Å². The average Bonchev–Trinajstić information content (AvgIpc) is 2.97. The van der Waals surface area contributed by atoms with E-state index >= 15 is 0 Å². The lowest BCUT2D eigenvalue weighted by molar-refractivity contribution is -0.141. The van der Waals surface area contributed by atoms with Crippen molar-refractivity contribution >= 4 is 21.8 Å². The molecule has 0 radical (unpaired) electrons. The zero-order valence-corrected chi connectivity index (χ0v) is 24.0. The number of amides is 2. The highest BCUT2D eigenvalue weighted by molar-refractivity contribution is 7.89. The summed E-state index contributed by atoms with van der Waals surface area (Å²) in [7, 11) is -1.93. The normalized spacial score (nSPS) is 12.1. The monoisotopic (exact) mass is 565 g/mol. The Morgan fingerprint density at radius 1 is 0.875 bits per heavy atom. The van der Waals surface area contributed by atoms with Gasteiger partial charge in [-0.25, -0.2) is 13.1 Å². The number of rotatable bonds is 16. The number of benzene rings is 3. The van der Waals surface area contributed by atoms with E-state index in [-0.39, 0.29) is 23.1 Å². The first kappa shape index (κ1) is 31.0. The van der Waals surface area contributed by atoms with E-state index in [4.69, 9.17) is 4.74 Å². The number of aryl methyl sites for hydroxylation is 1. The number of sulfonamides is 1. The lowest BCUT2D eigenvalue weighted by Gasteiger charge is -2.31. The van der Waals surface area contributed by atoms with E-state index < -0.39 is 16.1 Å². The number of ether oxygens (including phenoxy) is 1. The minimum atomic E-state index is -3.55. The smallest absolute Gasteiger partial charge is 0.243 e. The van der Waals surface area contributed by atoms with Crippen LogP contribution >= 0.6 is 0 Å². The van der Waals surface area contributed by atoms with Gasteiger partial charge in [-0.2, -0.15) is 0 Å². The number of hydrogen-bond donors (Lipinski definition) is 2. The largest absolute Gasteiger partial charge is 0.385 e. The van der Waals surface area contributed by atoms with Crippen LogP contribution in [0.4, 0.5) is 0 Å². The van der Waals surface area contributed by atoms with Crippen molar-refractivity contribution in [1.82, 2.24) is 14.9 Å². The summed E-state index contributed by atoms with van der Waals surface area (Å²) in [5.41, 5.74) is 2.73. The van der Waals surface area contributed by atoms with Crippen LogP contribution in [0.25, 0.3) is 0 Å². The van der Waals surface area contributed by atoms with Crippen molar-refractivity contribution in [3.8, 4) is 0 Å². The first-order chi connectivity index (χ1) is 19.3. The van der Waals surface area contributed by atoms with Crippen molar-refractivity contribution in [3.05, 3.63) is 102 Å². The van der Waals surface area contributed by atoms with E-state index in [0.29, 0.717) is 45.5 Å². The summed E-state index contributed by atoms with van der Waals surface area (Å²) in [4.78, 5) is 29.1. The highest BCUT2D eigenvalue weighted by Gasteiger charge is 2.30. The van der Waals surface area contributed by atoms with Crippen LogP contribution in [-0.4, -0.2) is 58.0 Å². The van der Waals surface area contributed by atoms with Gasteiger partial charge in [0.15, 0.2) is 0 Å². The van der Waals surface area contributed by atoms with Gasteiger partial charge >= 0.3 is 0 Å². The molecule has 8 nitrogen and oxygen atoms in total. The molecule has 3 rings (SSSR count).